The maximum absolute atomic E-state index is 5.97. The van der Waals surface area contributed by atoms with Gasteiger partial charge in [-0.15, -0.1) is 5.10 Å². The van der Waals surface area contributed by atoms with Crippen LogP contribution in [0.5, 0.6) is 5.75 Å². The van der Waals surface area contributed by atoms with Crippen LogP contribution in [-0.4, -0.2) is 23.7 Å². The predicted octanol–water partition coefficient (Wildman–Crippen LogP) is 2.84. The van der Waals surface area contributed by atoms with E-state index in [1.54, 1.807) is 7.11 Å². The first kappa shape index (κ1) is 12.1. The minimum Gasteiger partial charge on any atom is -0.497 e. The van der Waals surface area contributed by atoms with Gasteiger partial charge in [0.25, 0.3) is 0 Å². The second kappa shape index (κ2) is 5.33. The van der Waals surface area contributed by atoms with Crippen LogP contribution in [0.3, 0.4) is 0 Å². The fraction of sp³-hybridized carbons (Fsp3) is 0.273. The van der Waals surface area contributed by atoms with Gasteiger partial charge in [0.15, 0.2) is 0 Å². The molecule has 0 aliphatic rings. The highest BCUT2D eigenvalue weighted by atomic mass is 35.5. The van der Waals surface area contributed by atoms with E-state index >= 15 is 0 Å². The molecule has 0 unspecified atom stereocenters. The van der Waals surface area contributed by atoms with E-state index in [1.807, 2.05) is 31.3 Å². The van der Waals surface area contributed by atoms with Crippen LogP contribution in [0.15, 0.2) is 24.3 Å². The second-order valence-corrected chi connectivity index (χ2v) is 4.90. The van der Waals surface area contributed by atoms with E-state index in [1.165, 1.54) is 11.5 Å². The van der Waals surface area contributed by atoms with Gasteiger partial charge in [-0.3, -0.25) is 0 Å². The van der Waals surface area contributed by atoms with Crippen LogP contribution in [0.25, 0.3) is 0 Å². The van der Waals surface area contributed by atoms with Gasteiger partial charge in [0.05, 0.1) is 13.7 Å². The van der Waals surface area contributed by atoms with Gasteiger partial charge < -0.3 is 9.64 Å². The Morgan fingerprint density at radius 2 is 2.06 bits per heavy atom. The lowest BCUT2D eigenvalue weighted by molar-refractivity contribution is 0.415. The van der Waals surface area contributed by atoms with Gasteiger partial charge in [0, 0.05) is 24.3 Å². The first-order valence-electron chi connectivity index (χ1n) is 5.02. The molecule has 6 heteroatoms. The van der Waals surface area contributed by atoms with Gasteiger partial charge in [-0.05, 0) is 24.3 Å². The molecule has 0 saturated heterocycles. The molecule has 0 spiro atoms. The average Bonchev–Trinajstić information content (AvgIpc) is 2.75. The summed E-state index contributed by atoms with van der Waals surface area (Å²) in [5.74, 6) is 0.843. The van der Waals surface area contributed by atoms with Crippen molar-refractivity contribution in [1.29, 1.82) is 0 Å². The van der Waals surface area contributed by atoms with E-state index in [2.05, 4.69) is 14.5 Å². The molecule has 1 aromatic heterocycles. The molecule has 0 bridgehead atoms. The average molecular weight is 270 g/mol. The van der Waals surface area contributed by atoms with Crippen molar-refractivity contribution >= 4 is 28.8 Å². The Kier molecular flexibility index (Phi) is 3.81. The van der Waals surface area contributed by atoms with Gasteiger partial charge in [-0.1, -0.05) is 16.1 Å². The molecule has 0 radical (unpaired) electrons. The highest BCUT2D eigenvalue weighted by Gasteiger charge is 2.09. The highest BCUT2D eigenvalue weighted by molar-refractivity contribution is 7.10. The zero-order chi connectivity index (χ0) is 12.3. The summed E-state index contributed by atoms with van der Waals surface area (Å²) in [5.41, 5.74) is 1.88. The molecule has 0 amide bonds. The summed E-state index contributed by atoms with van der Waals surface area (Å²) in [4.78, 5) is 2.06. The third-order valence-corrected chi connectivity index (χ3v) is 3.39. The Labute approximate surface area is 109 Å². The van der Waals surface area contributed by atoms with Crippen LogP contribution in [-0.2, 0) is 6.54 Å². The van der Waals surface area contributed by atoms with Gasteiger partial charge in [-0.2, -0.15) is 0 Å². The van der Waals surface area contributed by atoms with Gasteiger partial charge in [0.2, 0.25) is 0 Å². The molecule has 4 nitrogen and oxygen atoms in total. The van der Waals surface area contributed by atoms with Crippen LogP contribution in [0, 0.1) is 0 Å². The van der Waals surface area contributed by atoms with Gasteiger partial charge in [0.1, 0.15) is 15.8 Å². The summed E-state index contributed by atoms with van der Waals surface area (Å²) in [6.45, 7) is 0.641. The van der Waals surface area contributed by atoms with Crippen LogP contribution < -0.4 is 9.64 Å². The monoisotopic (exact) mass is 269 g/mol. The molecule has 0 atom stereocenters. The molecular weight excluding hydrogens is 258 g/mol. The SMILES string of the molecule is COc1ccc(N(C)Cc2nnsc2Cl)cc1. The topological polar surface area (TPSA) is 38.2 Å². The summed E-state index contributed by atoms with van der Waals surface area (Å²) in [5, 5.41) is 3.99. The molecule has 2 aromatic rings. The molecule has 1 heterocycles. The molecule has 0 N–H and O–H groups in total. The number of ether oxygens (including phenoxy) is 1. The molecule has 17 heavy (non-hydrogen) atoms. The number of benzene rings is 1. The Morgan fingerprint density at radius 1 is 1.35 bits per heavy atom. The minimum atomic E-state index is 0.641. The Balaban J connectivity index is 2.09. The zero-order valence-corrected chi connectivity index (χ0v) is 11.1. The summed E-state index contributed by atoms with van der Waals surface area (Å²) in [6, 6.07) is 7.83. The van der Waals surface area contributed by atoms with Crippen LogP contribution >= 0.6 is 23.1 Å². The number of anilines is 1. The standard InChI is InChI=1S/C11H12ClN3OS/c1-15(7-10-11(12)17-14-13-10)8-3-5-9(16-2)6-4-8/h3-6H,7H2,1-2H3. The van der Waals surface area contributed by atoms with E-state index < -0.39 is 0 Å². The lowest BCUT2D eigenvalue weighted by Crippen LogP contribution is -2.16. The summed E-state index contributed by atoms with van der Waals surface area (Å²) < 4.78 is 9.57. The fourth-order valence-corrected chi connectivity index (χ4v) is 2.06. The predicted molar refractivity (Wildman–Crippen MR) is 70.0 cm³/mol. The molecule has 0 fully saturated rings. The number of methoxy groups -OCH3 is 1. The van der Waals surface area contributed by atoms with E-state index in [4.69, 9.17) is 16.3 Å². The first-order valence-corrected chi connectivity index (χ1v) is 6.17. The van der Waals surface area contributed by atoms with E-state index in [9.17, 15) is 0 Å². The van der Waals surface area contributed by atoms with Crippen LogP contribution in [0.2, 0.25) is 4.34 Å². The van der Waals surface area contributed by atoms with Crippen molar-refractivity contribution in [2.75, 3.05) is 19.1 Å². The number of hydrogen-bond acceptors (Lipinski definition) is 5. The quantitative estimate of drug-likeness (QED) is 0.856. The van der Waals surface area contributed by atoms with Crippen LogP contribution in [0.1, 0.15) is 5.69 Å². The molecular formula is C11H12ClN3OS. The third-order valence-electron chi connectivity index (χ3n) is 2.41. The zero-order valence-electron chi connectivity index (χ0n) is 9.55. The van der Waals surface area contributed by atoms with E-state index in [0.717, 1.165) is 17.1 Å². The smallest absolute Gasteiger partial charge is 0.139 e. The van der Waals surface area contributed by atoms with Crippen molar-refractivity contribution in [3.8, 4) is 5.75 Å². The second-order valence-electron chi connectivity index (χ2n) is 3.55. The molecule has 2 rings (SSSR count). The number of nitrogens with zero attached hydrogens (tertiary/aromatic N) is 3. The highest BCUT2D eigenvalue weighted by Crippen LogP contribution is 2.23. The summed E-state index contributed by atoms with van der Waals surface area (Å²) in [6.07, 6.45) is 0. The van der Waals surface area contributed by atoms with Crippen molar-refractivity contribution in [2.24, 2.45) is 0 Å². The van der Waals surface area contributed by atoms with Crippen molar-refractivity contribution in [3.63, 3.8) is 0 Å². The Bertz CT molecular complexity index is 486. The van der Waals surface area contributed by atoms with Gasteiger partial charge >= 0.3 is 0 Å². The number of aromatic nitrogens is 2. The lowest BCUT2D eigenvalue weighted by Gasteiger charge is -2.18. The molecule has 0 aliphatic heterocycles. The number of halogens is 1. The Hall–Kier alpha value is -1.33. The van der Waals surface area contributed by atoms with Gasteiger partial charge in [-0.25, -0.2) is 0 Å². The number of rotatable bonds is 4. The van der Waals surface area contributed by atoms with E-state index in [-0.39, 0.29) is 0 Å². The minimum absolute atomic E-state index is 0.641. The summed E-state index contributed by atoms with van der Waals surface area (Å²) in [7, 11) is 3.64. The maximum atomic E-state index is 5.97. The van der Waals surface area contributed by atoms with Crippen molar-refractivity contribution in [2.45, 2.75) is 6.54 Å². The third kappa shape index (κ3) is 2.87. The van der Waals surface area contributed by atoms with E-state index in [0.29, 0.717) is 10.9 Å². The molecule has 90 valence electrons. The lowest BCUT2D eigenvalue weighted by atomic mass is 10.2. The summed E-state index contributed by atoms with van der Waals surface area (Å²) >= 11 is 7.17. The maximum Gasteiger partial charge on any atom is 0.139 e. The normalized spacial score (nSPS) is 10.3. The fourth-order valence-electron chi connectivity index (χ4n) is 1.44. The van der Waals surface area contributed by atoms with Crippen molar-refractivity contribution < 1.29 is 4.74 Å². The molecule has 1 aromatic carbocycles. The molecule has 0 saturated carbocycles. The Morgan fingerprint density at radius 3 is 2.59 bits per heavy atom. The first-order chi connectivity index (χ1) is 8.20. The molecule has 0 aliphatic carbocycles. The van der Waals surface area contributed by atoms with Crippen molar-refractivity contribution in [3.05, 3.63) is 34.3 Å². The van der Waals surface area contributed by atoms with Crippen LogP contribution in [0.4, 0.5) is 5.69 Å². The van der Waals surface area contributed by atoms with Crippen molar-refractivity contribution in [1.82, 2.24) is 9.59 Å². The number of hydrogen-bond donors (Lipinski definition) is 0. The largest absolute Gasteiger partial charge is 0.497 e.